The molecule has 5 nitrogen and oxygen atoms in total. The Morgan fingerprint density at radius 3 is 2.35 bits per heavy atom. The van der Waals surface area contributed by atoms with Crippen LogP contribution in [-0.4, -0.2) is 38.8 Å². The lowest BCUT2D eigenvalue weighted by atomic mass is 10.2. The molecule has 1 fully saturated rings. The van der Waals surface area contributed by atoms with Crippen LogP contribution < -0.4 is 4.90 Å². The number of halogens is 1. The molecule has 0 bridgehead atoms. The quantitative estimate of drug-likeness (QED) is 0.823. The number of para-hydroxylation sites is 1. The van der Waals surface area contributed by atoms with E-state index >= 15 is 0 Å². The van der Waals surface area contributed by atoms with Gasteiger partial charge >= 0.3 is 0 Å². The molecule has 26 heavy (non-hydrogen) atoms. The van der Waals surface area contributed by atoms with Crippen molar-refractivity contribution >= 4 is 21.6 Å². The highest BCUT2D eigenvalue weighted by Crippen LogP contribution is 2.25. The molecule has 1 saturated heterocycles. The summed E-state index contributed by atoms with van der Waals surface area (Å²) in [6.07, 6.45) is 2.49. The van der Waals surface area contributed by atoms with Gasteiger partial charge in [0.05, 0.1) is 0 Å². The number of anilines is 1. The fraction of sp³-hybridized carbons (Fsp3) is 0.316. The number of carbonyl (C=O) groups is 1. The highest BCUT2D eigenvalue weighted by atomic mass is 32.2. The Balaban J connectivity index is 1.93. The predicted octanol–water partition coefficient (Wildman–Crippen LogP) is 3.28. The van der Waals surface area contributed by atoms with E-state index in [4.69, 9.17) is 0 Å². The van der Waals surface area contributed by atoms with Crippen LogP contribution in [0.25, 0.3) is 0 Å². The molecule has 1 aliphatic heterocycles. The second kappa shape index (κ2) is 7.55. The standard InChI is InChI=1S/C19H21FN2O3S/c1-21(16-8-4-2-5-9-16)19(23)15-10-11-17(20)18(14-15)26(24,25)22-12-6-3-7-13-22/h2,4-5,8-11,14H,3,6-7,12-13H2,1H3. The summed E-state index contributed by atoms with van der Waals surface area (Å²) in [6, 6.07) is 12.5. The van der Waals surface area contributed by atoms with Crippen LogP contribution in [0.5, 0.6) is 0 Å². The summed E-state index contributed by atoms with van der Waals surface area (Å²) in [5.41, 5.74) is 0.801. The summed E-state index contributed by atoms with van der Waals surface area (Å²) >= 11 is 0. The molecule has 0 saturated carbocycles. The molecule has 0 radical (unpaired) electrons. The number of carbonyl (C=O) groups excluding carboxylic acids is 1. The topological polar surface area (TPSA) is 57.7 Å². The summed E-state index contributed by atoms with van der Waals surface area (Å²) in [6.45, 7) is 0.758. The molecule has 138 valence electrons. The van der Waals surface area contributed by atoms with Crippen molar-refractivity contribution in [3.05, 3.63) is 59.9 Å². The largest absolute Gasteiger partial charge is 0.311 e. The van der Waals surface area contributed by atoms with Crippen molar-refractivity contribution in [1.29, 1.82) is 0 Å². The fourth-order valence-corrected chi connectivity index (χ4v) is 4.65. The van der Waals surface area contributed by atoms with Crippen LogP contribution in [0.4, 0.5) is 10.1 Å². The number of benzene rings is 2. The zero-order chi connectivity index (χ0) is 18.7. The monoisotopic (exact) mass is 376 g/mol. The van der Waals surface area contributed by atoms with Crippen molar-refractivity contribution in [1.82, 2.24) is 4.31 Å². The van der Waals surface area contributed by atoms with Crippen molar-refractivity contribution in [3.8, 4) is 0 Å². The number of rotatable bonds is 4. The molecule has 3 rings (SSSR count). The first-order chi connectivity index (χ1) is 12.4. The first kappa shape index (κ1) is 18.5. The summed E-state index contributed by atoms with van der Waals surface area (Å²) in [5.74, 6) is -1.24. The molecule has 2 aromatic carbocycles. The van der Waals surface area contributed by atoms with Crippen LogP contribution >= 0.6 is 0 Å². The minimum atomic E-state index is -3.95. The molecule has 2 aromatic rings. The fourth-order valence-electron chi connectivity index (χ4n) is 3.04. The zero-order valence-corrected chi connectivity index (χ0v) is 15.4. The zero-order valence-electron chi connectivity index (χ0n) is 14.6. The Morgan fingerprint density at radius 2 is 1.69 bits per heavy atom. The molecule has 0 aliphatic carbocycles. The molecule has 1 aliphatic rings. The molecule has 7 heteroatoms. The number of nitrogens with zero attached hydrogens (tertiary/aromatic N) is 2. The van der Waals surface area contributed by atoms with Gasteiger partial charge in [0.2, 0.25) is 10.0 Å². The second-order valence-corrected chi connectivity index (χ2v) is 8.22. The van der Waals surface area contributed by atoms with Crippen LogP contribution in [0.15, 0.2) is 53.4 Å². The van der Waals surface area contributed by atoms with E-state index in [0.29, 0.717) is 18.8 Å². The van der Waals surface area contributed by atoms with Gasteiger partial charge in [0.25, 0.3) is 5.91 Å². The summed E-state index contributed by atoms with van der Waals surface area (Å²) in [7, 11) is -2.35. The van der Waals surface area contributed by atoms with Gasteiger partial charge in [-0.2, -0.15) is 4.31 Å². The Hall–Kier alpha value is -2.25. The van der Waals surface area contributed by atoms with Crippen molar-refractivity contribution < 1.29 is 17.6 Å². The normalized spacial score (nSPS) is 15.6. The Kier molecular flexibility index (Phi) is 5.38. The van der Waals surface area contributed by atoms with E-state index in [-0.39, 0.29) is 5.56 Å². The first-order valence-corrected chi connectivity index (χ1v) is 9.98. The van der Waals surface area contributed by atoms with Crippen molar-refractivity contribution in [2.45, 2.75) is 24.2 Å². The van der Waals surface area contributed by atoms with E-state index < -0.39 is 26.6 Å². The molecule has 0 N–H and O–H groups in total. The van der Waals surface area contributed by atoms with Gasteiger partial charge in [-0.3, -0.25) is 4.79 Å². The number of hydrogen-bond acceptors (Lipinski definition) is 3. The molecule has 0 aromatic heterocycles. The molecule has 1 amide bonds. The number of amides is 1. The molecule has 0 unspecified atom stereocenters. The maximum Gasteiger partial charge on any atom is 0.258 e. The van der Waals surface area contributed by atoms with Gasteiger partial charge in [-0.15, -0.1) is 0 Å². The van der Waals surface area contributed by atoms with E-state index in [1.807, 2.05) is 6.07 Å². The molecular formula is C19H21FN2O3S. The lowest BCUT2D eigenvalue weighted by molar-refractivity contribution is 0.0992. The van der Waals surface area contributed by atoms with Gasteiger partial charge in [0.15, 0.2) is 0 Å². The van der Waals surface area contributed by atoms with Crippen LogP contribution in [-0.2, 0) is 10.0 Å². The molecule has 0 atom stereocenters. The van der Waals surface area contributed by atoms with Crippen LogP contribution in [0.2, 0.25) is 0 Å². The van der Waals surface area contributed by atoms with E-state index in [0.717, 1.165) is 31.4 Å². The minimum Gasteiger partial charge on any atom is -0.311 e. The average Bonchev–Trinajstić information content (AvgIpc) is 2.68. The Labute approximate surface area is 153 Å². The Morgan fingerprint density at radius 1 is 1.04 bits per heavy atom. The van der Waals surface area contributed by atoms with Crippen LogP contribution in [0.3, 0.4) is 0 Å². The smallest absolute Gasteiger partial charge is 0.258 e. The third kappa shape index (κ3) is 3.64. The van der Waals surface area contributed by atoms with Crippen LogP contribution in [0, 0.1) is 5.82 Å². The second-order valence-electron chi connectivity index (χ2n) is 6.31. The third-order valence-electron chi connectivity index (χ3n) is 4.56. The number of sulfonamides is 1. The number of piperidine rings is 1. The van der Waals surface area contributed by atoms with Gasteiger partial charge in [0, 0.05) is 31.4 Å². The highest BCUT2D eigenvalue weighted by molar-refractivity contribution is 7.89. The lowest BCUT2D eigenvalue weighted by Crippen LogP contribution is -2.36. The maximum atomic E-state index is 14.3. The van der Waals surface area contributed by atoms with Gasteiger partial charge < -0.3 is 4.90 Å². The number of hydrogen-bond donors (Lipinski definition) is 0. The molecule has 0 spiro atoms. The lowest BCUT2D eigenvalue weighted by Gasteiger charge is -2.26. The minimum absolute atomic E-state index is 0.133. The summed E-state index contributed by atoms with van der Waals surface area (Å²) in [5, 5.41) is 0. The van der Waals surface area contributed by atoms with Gasteiger partial charge in [-0.25, -0.2) is 12.8 Å². The van der Waals surface area contributed by atoms with Gasteiger partial charge in [0.1, 0.15) is 10.7 Å². The third-order valence-corrected chi connectivity index (χ3v) is 6.47. The summed E-state index contributed by atoms with van der Waals surface area (Å²) < 4.78 is 41.1. The van der Waals surface area contributed by atoms with Crippen molar-refractivity contribution in [3.63, 3.8) is 0 Å². The average molecular weight is 376 g/mol. The van der Waals surface area contributed by atoms with E-state index in [1.165, 1.54) is 15.3 Å². The van der Waals surface area contributed by atoms with Gasteiger partial charge in [-0.1, -0.05) is 24.6 Å². The predicted molar refractivity (Wildman–Crippen MR) is 98.2 cm³/mol. The van der Waals surface area contributed by atoms with Gasteiger partial charge in [-0.05, 0) is 43.2 Å². The van der Waals surface area contributed by atoms with E-state index in [1.54, 1.807) is 31.3 Å². The Bertz CT molecular complexity index is 894. The van der Waals surface area contributed by atoms with Crippen molar-refractivity contribution in [2.75, 3.05) is 25.0 Å². The summed E-state index contributed by atoms with van der Waals surface area (Å²) in [4.78, 5) is 13.7. The highest BCUT2D eigenvalue weighted by Gasteiger charge is 2.29. The molecular weight excluding hydrogens is 355 g/mol. The van der Waals surface area contributed by atoms with Crippen LogP contribution in [0.1, 0.15) is 29.6 Å². The SMILES string of the molecule is CN(C(=O)c1ccc(F)c(S(=O)(=O)N2CCCCC2)c1)c1ccccc1. The molecule has 1 heterocycles. The van der Waals surface area contributed by atoms with E-state index in [9.17, 15) is 17.6 Å². The first-order valence-electron chi connectivity index (χ1n) is 8.54. The van der Waals surface area contributed by atoms with E-state index in [2.05, 4.69) is 0 Å². The van der Waals surface area contributed by atoms with Crippen molar-refractivity contribution in [2.24, 2.45) is 0 Å². The maximum absolute atomic E-state index is 14.3.